The number of nitrogens with two attached hydrogens (primary N) is 1. The molecule has 0 aliphatic carbocycles. The van der Waals surface area contributed by atoms with Gasteiger partial charge in [-0.3, -0.25) is 0 Å². The molecule has 2 aliphatic heterocycles. The van der Waals surface area contributed by atoms with Crippen molar-refractivity contribution >= 4 is 11.5 Å². The molecule has 21 heavy (non-hydrogen) atoms. The maximum atomic E-state index is 9.39. The van der Waals surface area contributed by atoms with E-state index in [0.29, 0.717) is 11.6 Å². The van der Waals surface area contributed by atoms with Gasteiger partial charge in [0.2, 0.25) is 0 Å². The maximum absolute atomic E-state index is 9.39. The van der Waals surface area contributed by atoms with E-state index in [4.69, 9.17) is 10.5 Å². The van der Waals surface area contributed by atoms with E-state index in [-0.39, 0.29) is 6.10 Å². The van der Waals surface area contributed by atoms with Gasteiger partial charge in [-0.1, -0.05) is 6.92 Å². The quantitative estimate of drug-likeness (QED) is 0.927. The molecule has 5 heteroatoms. The Hall–Kier alpha value is -1.67. The lowest BCUT2D eigenvalue weighted by atomic mass is 10.0. The Bertz CT molecular complexity index is 539. The van der Waals surface area contributed by atoms with Crippen molar-refractivity contribution in [3.05, 3.63) is 11.8 Å². The fourth-order valence-electron chi connectivity index (χ4n) is 3.56. The number of piperidine rings is 1. The van der Waals surface area contributed by atoms with Crippen molar-refractivity contribution in [2.24, 2.45) is 5.92 Å². The summed E-state index contributed by atoms with van der Waals surface area (Å²) < 4.78 is 7.81. The van der Waals surface area contributed by atoms with Crippen LogP contribution in [0.4, 0.5) is 11.5 Å². The Kier molecular flexibility index (Phi) is 4.07. The number of rotatable bonds is 3. The summed E-state index contributed by atoms with van der Waals surface area (Å²) in [6.07, 6.45) is 4.85. The second-order valence-electron chi connectivity index (χ2n) is 6.36. The lowest BCUT2D eigenvalue weighted by molar-refractivity contribution is 0.0971. The molecule has 0 saturated carbocycles. The van der Waals surface area contributed by atoms with Crippen molar-refractivity contribution in [2.75, 3.05) is 30.3 Å². The lowest BCUT2D eigenvalue weighted by Crippen LogP contribution is -2.36. The van der Waals surface area contributed by atoms with E-state index < -0.39 is 0 Å². The second-order valence-corrected chi connectivity index (χ2v) is 6.36. The molecule has 5 nitrogen and oxygen atoms in total. The van der Waals surface area contributed by atoms with E-state index in [2.05, 4.69) is 22.5 Å². The number of hydrogen-bond donors (Lipinski definition) is 1. The molecule has 0 spiro atoms. The van der Waals surface area contributed by atoms with E-state index in [0.717, 1.165) is 50.6 Å². The number of nitrogen functional groups attached to an aromatic ring is 1. The monoisotopic (exact) mass is 288 g/mol. The standard InChI is InChI=1S/C16H24N4O/c1-12-4-2-6-19(10-12)16-15(18)8-13(9-17)20(16)11-14-5-3-7-21-14/h8,12,14H,2-7,10-11,18H2,1H3. The molecule has 2 aliphatic rings. The van der Waals surface area contributed by atoms with Gasteiger partial charge >= 0.3 is 0 Å². The van der Waals surface area contributed by atoms with Crippen LogP contribution in [0.3, 0.4) is 0 Å². The average Bonchev–Trinajstić information content (AvgIpc) is 3.07. The zero-order chi connectivity index (χ0) is 14.8. The Morgan fingerprint density at radius 2 is 2.29 bits per heavy atom. The zero-order valence-electron chi connectivity index (χ0n) is 12.7. The number of nitriles is 1. The summed E-state index contributed by atoms with van der Waals surface area (Å²) in [5.41, 5.74) is 7.58. The molecule has 3 heterocycles. The van der Waals surface area contributed by atoms with Crippen molar-refractivity contribution in [3.63, 3.8) is 0 Å². The molecule has 3 rings (SSSR count). The molecule has 2 unspecified atom stereocenters. The SMILES string of the molecule is CC1CCCN(c2c(N)cc(C#N)n2CC2CCCO2)C1. The molecule has 2 atom stereocenters. The first kappa shape index (κ1) is 14.3. The van der Waals surface area contributed by atoms with Crippen LogP contribution in [0.1, 0.15) is 38.3 Å². The summed E-state index contributed by atoms with van der Waals surface area (Å²) in [7, 11) is 0. The Labute approximate surface area is 126 Å². The van der Waals surface area contributed by atoms with Gasteiger partial charge in [0.15, 0.2) is 0 Å². The van der Waals surface area contributed by atoms with Crippen LogP contribution >= 0.6 is 0 Å². The normalized spacial score (nSPS) is 26.0. The highest BCUT2D eigenvalue weighted by molar-refractivity contribution is 5.68. The van der Waals surface area contributed by atoms with Gasteiger partial charge in [-0.15, -0.1) is 0 Å². The van der Waals surface area contributed by atoms with Crippen LogP contribution < -0.4 is 10.6 Å². The first-order valence-corrected chi connectivity index (χ1v) is 7.94. The van der Waals surface area contributed by atoms with Crippen LogP contribution in [0.5, 0.6) is 0 Å². The molecule has 0 aromatic carbocycles. The minimum atomic E-state index is 0.213. The van der Waals surface area contributed by atoms with E-state index in [1.54, 1.807) is 0 Å². The molecule has 0 radical (unpaired) electrons. The fourth-order valence-corrected chi connectivity index (χ4v) is 3.56. The van der Waals surface area contributed by atoms with Gasteiger partial charge in [0.25, 0.3) is 0 Å². The Morgan fingerprint density at radius 1 is 1.43 bits per heavy atom. The Balaban J connectivity index is 1.90. The van der Waals surface area contributed by atoms with Gasteiger partial charge in [-0.05, 0) is 37.7 Å². The number of nitrogens with zero attached hydrogens (tertiary/aromatic N) is 3. The van der Waals surface area contributed by atoms with Crippen LogP contribution in [-0.4, -0.2) is 30.4 Å². The molecular weight excluding hydrogens is 264 g/mol. The van der Waals surface area contributed by atoms with E-state index in [1.807, 2.05) is 6.07 Å². The van der Waals surface area contributed by atoms with Gasteiger partial charge < -0.3 is 19.9 Å². The summed E-state index contributed by atoms with van der Waals surface area (Å²) in [6, 6.07) is 4.09. The van der Waals surface area contributed by atoms with Crippen LogP contribution in [0, 0.1) is 17.2 Å². The second kappa shape index (κ2) is 5.98. The van der Waals surface area contributed by atoms with Gasteiger partial charge in [0.1, 0.15) is 17.6 Å². The number of hydrogen-bond acceptors (Lipinski definition) is 4. The van der Waals surface area contributed by atoms with Crippen LogP contribution in [0.15, 0.2) is 6.07 Å². The summed E-state index contributed by atoms with van der Waals surface area (Å²) in [4.78, 5) is 2.35. The molecule has 1 aromatic heterocycles. The molecule has 2 fully saturated rings. The molecule has 1 aromatic rings. The van der Waals surface area contributed by atoms with Crippen LogP contribution in [0.25, 0.3) is 0 Å². The van der Waals surface area contributed by atoms with Crippen LogP contribution in [-0.2, 0) is 11.3 Å². The van der Waals surface area contributed by atoms with Crippen molar-refractivity contribution < 1.29 is 4.74 Å². The minimum absolute atomic E-state index is 0.213. The highest BCUT2D eigenvalue weighted by Crippen LogP contribution is 2.32. The van der Waals surface area contributed by atoms with Crippen molar-refractivity contribution in [1.82, 2.24) is 4.57 Å². The molecule has 114 valence electrons. The highest BCUT2D eigenvalue weighted by atomic mass is 16.5. The summed E-state index contributed by atoms with van der Waals surface area (Å²) in [6.45, 7) is 5.89. The van der Waals surface area contributed by atoms with Gasteiger partial charge in [0.05, 0.1) is 18.3 Å². The smallest absolute Gasteiger partial charge is 0.133 e. The van der Waals surface area contributed by atoms with E-state index in [9.17, 15) is 5.26 Å². The third-order valence-corrected chi connectivity index (χ3v) is 4.58. The number of ether oxygens (including phenoxy) is 1. The average molecular weight is 288 g/mol. The topological polar surface area (TPSA) is 67.2 Å². The first-order valence-electron chi connectivity index (χ1n) is 7.94. The summed E-state index contributed by atoms with van der Waals surface area (Å²) >= 11 is 0. The van der Waals surface area contributed by atoms with Crippen molar-refractivity contribution in [3.8, 4) is 6.07 Å². The predicted molar refractivity (Wildman–Crippen MR) is 83.1 cm³/mol. The third-order valence-electron chi connectivity index (χ3n) is 4.58. The Morgan fingerprint density at radius 3 is 2.95 bits per heavy atom. The first-order chi connectivity index (χ1) is 10.2. The van der Waals surface area contributed by atoms with Gasteiger partial charge in [-0.25, -0.2) is 0 Å². The third kappa shape index (κ3) is 2.86. The zero-order valence-corrected chi connectivity index (χ0v) is 12.7. The molecule has 2 saturated heterocycles. The minimum Gasteiger partial charge on any atom is -0.396 e. The highest BCUT2D eigenvalue weighted by Gasteiger charge is 2.26. The molecule has 0 amide bonds. The fraction of sp³-hybridized carbons (Fsp3) is 0.688. The van der Waals surface area contributed by atoms with Crippen LogP contribution in [0.2, 0.25) is 0 Å². The van der Waals surface area contributed by atoms with Crippen molar-refractivity contribution in [2.45, 2.75) is 45.3 Å². The largest absolute Gasteiger partial charge is 0.396 e. The van der Waals surface area contributed by atoms with E-state index >= 15 is 0 Å². The summed E-state index contributed by atoms with van der Waals surface area (Å²) in [5.74, 6) is 1.70. The molecule has 0 bridgehead atoms. The summed E-state index contributed by atoms with van der Waals surface area (Å²) in [5, 5.41) is 9.39. The lowest BCUT2D eigenvalue weighted by Gasteiger charge is -2.34. The van der Waals surface area contributed by atoms with E-state index in [1.165, 1.54) is 12.8 Å². The van der Waals surface area contributed by atoms with Gasteiger partial charge in [-0.2, -0.15) is 5.26 Å². The maximum Gasteiger partial charge on any atom is 0.133 e. The number of anilines is 2. The molecule has 2 N–H and O–H groups in total. The van der Waals surface area contributed by atoms with Crippen molar-refractivity contribution in [1.29, 1.82) is 5.26 Å². The number of aromatic nitrogens is 1. The molecular formula is C16H24N4O. The van der Waals surface area contributed by atoms with Gasteiger partial charge in [0, 0.05) is 19.7 Å². The predicted octanol–water partition coefficient (Wildman–Crippen LogP) is 2.36.